The van der Waals surface area contributed by atoms with E-state index in [2.05, 4.69) is 31.2 Å². The third kappa shape index (κ3) is 3.60. The zero-order valence-electron chi connectivity index (χ0n) is 10.7. The van der Waals surface area contributed by atoms with E-state index in [1.165, 1.54) is 5.56 Å². The zero-order valence-corrected chi connectivity index (χ0v) is 10.7. The summed E-state index contributed by atoms with van der Waals surface area (Å²) in [5.74, 6) is 0. The first-order valence-electron chi connectivity index (χ1n) is 6.26. The number of nitrogens with two attached hydrogens (primary N) is 1. The largest absolute Gasteiger partial charge is 0.399 e. The van der Waals surface area contributed by atoms with Crippen LogP contribution in [0.1, 0.15) is 24.2 Å². The maximum Gasteiger partial charge on any atom is 0.0797 e. The lowest BCUT2D eigenvalue weighted by Crippen LogP contribution is -2.04. The quantitative estimate of drug-likeness (QED) is 0.812. The molecule has 0 aliphatic carbocycles. The second-order valence-corrected chi connectivity index (χ2v) is 4.42. The predicted octanol–water partition coefficient (Wildman–Crippen LogP) is 3.59. The fourth-order valence-corrected chi connectivity index (χ4v) is 1.91. The molecule has 2 aromatic carbocycles. The van der Waals surface area contributed by atoms with E-state index in [-0.39, 0.29) is 6.10 Å². The van der Waals surface area contributed by atoms with Crippen molar-refractivity contribution >= 4 is 5.69 Å². The summed E-state index contributed by atoms with van der Waals surface area (Å²) in [6.07, 6.45) is 1.02. The Balaban J connectivity index is 1.83. The molecule has 0 aliphatic heterocycles. The predicted molar refractivity (Wildman–Crippen MR) is 75.4 cm³/mol. The van der Waals surface area contributed by atoms with Crippen LogP contribution < -0.4 is 5.73 Å². The zero-order chi connectivity index (χ0) is 12.8. The number of ether oxygens (including phenoxy) is 1. The molecular formula is C16H19NO. The molecule has 2 nitrogen and oxygen atoms in total. The number of nitrogen functional groups attached to an aromatic ring is 1. The average Bonchev–Trinajstić information content (AvgIpc) is 2.40. The molecule has 1 atom stereocenters. The van der Waals surface area contributed by atoms with Gasteiger partial charge in [0, 0.05) is 5.69 Å². The number of hydrogen-bond acceptors (Lipinski definition) is 2. The molecule has 0 heterocycles. The van der Waals surface area contributed by atoms with Crippen LogP contribution in [0.15, 0.2) is 54.6 Å². The van der Waals surface area contributed by atoms with Gasteiger partial charge in [-0.05, 0) is 36.6 Å². The van der Waals surface area contributed by atoms with Crippen LogP contribution in [0.25, 0.3) is 0 Å². The second kappa shape index (κ2) is 6.22. The van der Waals surface area contributed by atoms with Crippen molar-refractivity contribution in [1.82, 2.24) is 0 Å². The van der Waals surface area contributed by atoms with Gasteiger partial charge < -0.3 is 10.5 Å². The van der Waals surface area contributed by atoms with Crippen molar-refractivity contribution in [3.63, 3.8) is 0 Å². The Morgan fingerprint density at radius 1 is 1.06 bits per heavy atom. The van der Waals surface area contributed by atoms with E-state index in [0.717, 1.165) is 24.3 Å². The van der Waals surface area contributed by atoms with Gasteiger partial charge in [0.2, 0.25) is 0 Å². The molecule has 18 heavy (non-hydrogen) atoms. The van der Waals surface area contributed by atoms with Gasteiger partial charge in [0.15, 0.2) is 0 Å². The lowest BCUT2D eigenvalue weighted by Gasteiger charge is -2.14. The van der Waals surface area contributed by atoms with Crippen LogP contribution in [0, 0.1) is 0 Å². The lowest BCUT2D eigenvalue weighted by atomic mass is 10.1. The highest BCUT2D eigenvalue weighted by atomic mass is 16.5. The van der Waals surface area contributed by atoms with E-state index >= 15 is 0 Å². The van der Waals surface area contributed by atoms with Crippen molar-refractivity contribution in [1.29, 1.82) is 0 Å². The van der Waals surface area contributed by atoms with Crippen LogP contribution in [0.4, 0.5) is 5.69 Å². The van der Waals surface area contributed by atoms with Gasteiger partial charge in [-0.2, -0.15) is 0 Å². The molecule has 2 aromatic rings. The highest BCUT2D eigenvalue weighted by Crippen LogP contribution is 2.19. The van der Waals surface area contributed by atoms with Gasteiger partial charge in [-0.3, -0.25) is 0 Å². The van der Waals surface area contributed by atoms with Crippen LogP contribution >= 0.6 is 0 Å². The minimum atomic E-state index is 0.0808. The van der Waals surface area contributed by atoms with Crippen LogP contribution in [-0.4, -0.2) is 6.61 Å². The molecule has 0 radical (unpaired) electrons. The minimum Gasteiger partial charge on any atom is -0.399 e. The molecule has 0 spiro atoms. The molecule has 0 aliphatic rings. The summed E-state index contributed by atoms with van der Waals surface area (Å²) >= 11 is 0. The second-order valence-electron chi connectivity index (χ2n) is 4.42. The maximum atomic E-state index is 5.83. The molecule has 0 fully saturated rings. The molecule has 0 saturated heterocycles. The minimum absolute atomic E-state index is 0.0808. The normalized spacial score (nSPS) is 12.3. The van der Waals surface area contributed by atoms with Crippen molar-refractivity contribution in [2.45, 2.75) is 19.4 Å². The first-order valence-corrected chi connectivity index (χ1v) is 6.26. The first-order chi connectivity index (χ1) is 8.75. The smallest absolute Gasteiger partial charge is 0.0797 e. The third-order valence-corrected chi connectivity index (χ3v) is 2.98. The van der Waals surface area contributed by atoms with Gasteiger partial charge in [0.05, 0.1) is 12.7 Å². The Morgan fingerprint density at radius 3 is 2.56 bits per heavy atom. The maximum absolute atomic E-state index is 5.83. The van der Waals surface area contributed by atoms with Gasteiger partial charge >= 0.3 is 0 Å². The van der Waals surface area contributed by atoms with Crippen molar-refractivity contribution in [2.24, 2.45) is 0 Å². The van der Waals surface area contributed by atoms with E-state index in [4.69, 9.17) is 10.5 Å². The monoisotopic (exact) mass is 241 g/mol. The molecule has 0 saturated carbocycles. The molecule has 1 unspecified atom stereocenters. The van der Waals surface area contributed by atoms with Crippen molar-refractivity contribution < 1.29 is 4.74 Å². The summed E-state index contributed by atoms with van der Waals surface area (Å²) in [7, 11) is 0. The summed E-state index contributed by atoms with van der Waals surface area (Å²) in [5.41, 5.74) is 8.97. The van der Waals surface area contributed by atoms with Gasteiger partial charge in [-0.1, -0.05) is 42.5 Å². The van der Waals surface area contributed by atoms with Crippen molar-refractivity contribution in [2.75, 3.05) is 12.3 Å². The van der Waals surface area contributed by atoms with Crippen LogP contribution in [-0.2, 0) is 11.2 Å². The fourth-order valence-electron chi connectivity index (χ4n) is 1.91. The summed E-state index contributed by atoms with van der Waals surface area (Å²) in [6.45, 7) is 2.78. The van der Waals surface area contributed by atoms with Crippen molar-refractivity contribution in [3.8, 4) is 0 Å². The SMILES string of the molecule is CC(OCCc1ccccc1)c1cccc(N)c1. The first kappa shape index (κ1) is 12.7. The Labute approximate surface area is 108 Å². The van der Waals surface area contributed by atoms with E-state index in [1.807, 2.05) is 30.3 Å². The Bertz CT molecular complexity index is 481. The Morgan fingerprint density at radius 2 is 1.83 bits per heavy atom. The molecule has 2 heteroatoms. The summed E-state index contributed by atoms with van der Waals surface area (Å²) in [5, 5.41) is 0. The van der Waals surface area contributed by atoms with Crippen LogP contribution in [0.5, 0.6) is 0 Å². The van der Waals surface area contributed by atoms with Crippen LogP contribution in [0.3, 0.4) is 0 Å². The van der Waals surface area contributed by atoms with E-state index in [9.17, 15) is 0 Å². The molecule has 0 amide bonds. The number of rotatable bonds is 5. The third-order valence-electron chi connectivity index (χ3n) is 2.98. The number of anilines is 1. The lowest BCUT2D eigenvalue weighted by molar-refractivity contribution is 0.0681. The van der Waals surface area contributed by atoms with Crippen LogP contribution in [0.2, 0.25) is 0 Å². The number of benzene rings is 2. The standard InChI is InChI=1S/C16H19NO/c1-13(15-8-5-9-16(17)12-15)18-11-10-14-6-3-2-4-7-14/h2-9,12-13H,10-11,17H2,1H3. The van der Waals surface area contributed by atoms with E-state index < -0.39 is 0 Å². The van der Waals surface area contributed by atoms with E-state index in [0.29, 0.717) is 0 Å². The molecule has 2 rings (SSSR count). The Kier molecular flexibility index (Phi) is 4.37. The van der Waals surface area contributed by atoms with Gasteiger partial charge in [-0.15, -0.1) is 0 Å². The summed E-state index contributed by atoms with van der Waals surface area (Å²) < 4.78 is 5.83. The molecule has 2 N–H and O–H groups in total. The van der Waals surface area contributed by atoms with Gasteiger partial charge in [0.25, 0.3) is 0 Å². The Hall–Kier alpha value is -1.80. The molecule has 94 valence electrons. The molecular weight excluding hydrogens is 222 g/mol. The topological polar surface area (TPSA) is 35.2 Å². The van der Waals surface area contributed by atoms with E-state index in [1.54, 1.807) is 0 Å². The highest BCUT2D eigenvalue weighted by molar-refractivity contribution is 5.41. The fraction of sp³-hybridized carbons (Fsp3) is 0.250. The molecule has 0 bridgehead atoms. The van der Waals surface area contributed by atoms with Crippen molar-refractivity contribution in [3.05, 3.63) is 65.7 Å². The molecule has 0 aromatic heterocycles. The highest BCUT2D eigenvalue weighted by Gasteiger charge is 2.05. The van der Waals surface area contributed by atoms with Gasteiger partial charge in [-0.25, -0.2) is 0 Å². The average molecular weight is 241 g/mol. The summed E-state index contributed by atoms with van der Waals surface area (Å²) in [6, 6.07) is 18.2. The summed E-state index contributed by atoms with van der Waals surface area (Å²) in [4.78, 5) is 0. The number of hydrogen-bond donors (Lipinski definition) is 1. The van der Waals surface area contributed by atoms with Gasteiger partial charge in [0.1, 0.15) is 0 Å².